The van der Waals surface area contributed by atoms with Crippen molar-refractivity contribution >= 4 is 5.97 Å². The summed E-state index contributed by atoms with van der Waals surface area (Å²) in [5.41, 5.74) is 5.73. The molecule has 1 aromatic heterocycles. The van der Waals surface area contributed by atoms with Crippen LogP contribution < -0.4 is 5.73 Å². The topological polar surface area (TPSA) is 89.1 Å². The van der Waals surface area contributed by atoms with E-state index in [1.807, 2.05) is 0 Å². The molecule has 0 radical (unpaired) electrons. The zero-order valence-electron chi connectivity index (χ0n) is 5.69. The van der Waals surface area contributed by atoms with Gasteiger partial charge in [-0.15, -0.1) is 0 Å². The molecule has 0 atom stereocenters. The van der Waals surface area contributed by atoms with Gasteiger partial charge in [0.2, 0.25) is 0 Å². The number of carboxylic acid groups (broad SMARTS) is 1. The Hall–Kier alpha value is -1.49. The Bertz CT molecular complexity index is 274. The molecule has 0 saturated carbocycles. The first kappa shape index (κ1) is 7.62. The second-order valence-corrected chi connectivity index (χ2v) is 1.90. The molecule has 58 valence electrons. The lowest BCUT2D eigenvalue weighted by Crippen LogP contribution is -2.05. The van der Waals surface area contributed by atoms with E-state index >= 15 is 0 Å². The van der Waals surface area contributed by atoms with Crippen LogP contribution in [-0.2, 0) is 6.54 Å². The fraction of sp³-hybridized carbons (Fsp3) is 0.167. The van der Waals surface area contributed by atoms with Crippen LogP contribution in [0.1, 0.15) is 16.2 Å². The summed E-state index contributed by atoms with van der Waals surface area (Å²) in [5.74, 6) is -1.07. The third kappa shape index (κ3) is 1.71. The summed E-state index contributed by atoms with van der Waals surface area (Å²) in [6, 6.07) is 1.35. The first-order valence-corrected chi connectivity index (χ1v) is 2.98. The van der Waals surface area contributed by atoms with Gasteiger partial charge in [0.1, 0.15) is 6.33 Å². The lowest BCUT2D eigenvalue weighted by molar-refractivity contribution is 0.0690. The first-order valence-electron chi connectivity index (χ1n) is 2.98. The summed E-state index contributed by atoms with van der Waals surface area (Å²) < 4.78 is 0. The molecule has 0 fully saturated rings. The molecule has 0 aliphatic carbocycles. The smallest absolute Gasteiger partial charge is 0.354 e. The number of hydrogen-bond donors (Lipinski definition) is 2. The van der Waals surface area contributed by atoms with Gasteiger partial charge >= 0.3 is 5.97 Å². The Balaban J connectivity index is 3.01. The molecule has 0 aliphatic heterocycles. The van der Waals surface area contributed by atoms with Gasteiger partial charge in [-0.3, -0.25) is 0 Å². The molecule has 1 heterocycles. The van der Waals surface area contributed by atoms with Gasteiger partial charge in [0.15, 0.2) is 5.69 Å². The van der Waals surface area contributed by atoms with Crippen molar-refractivity contribution in [2.24, 2.45) is 5.73 Å². The molecule has 11 heavy (non-hydrogen) atoms. The third-order valence-corrected chi connectivity index (χ3v) is 1.15. The molecular weight excluding hydrogens is 146 g/mol. The van der Waals surface area contributed by atoms with E-state index in [-0.39, 0.29) is 12.2 Å². The van der Waals surface area contributed by atoms with Crippen molar-refractivity contribution in [3.05, 3.63) is 23.8 Å². The number of aromatic carboxylic acids is 1. The van der Waals surface area contributed by atoms with Crippen molar-refractivity contribution in [3.8, 4) is 0 Å². The summed E-state index contributed by atoms with van der Waals surface area (Å²) in [6.45, 7) is 0.225. The van der Waals surface area contributed by atoms with Gasteiger partial charge in [-0.1, -0.05) is 0 Å². The van der Waals surface area contributed by atoms with E-state index in [1.54, 1.807) is 0 Å². The Morgan fingerprint density at radius 2 is 2.36 bits per heavy atom. The van der Waals surface area contributed by atoms with Gasteiger partial charge < -0.3 is 10.8 Å². The second-order valence-electron chi connectivity index (χ2n) is 1.90. The Kier molecular flexibility index (Phi) is 2.12. The van der Waals surface area contributed by atoms with Gasteiger partial charge in [-0.25, -0.2) is 14.8 Å². The van der Waals surface area contributed by atoms with Crippen LogP contribution in [0.3, 0.4) is 0 Å². The van der Waals surface area contributed by atoms with Crippen molar-refractivity contribution in [2.75, 3.05) is 0 Å². The van der Waals surface area contributed by atoms with Crippen LogP contribution in [0.5, 0.6) is 0 Å². The van der Waals surface area contributed by atoms with E-state index in [0.717, 1.165) is 0 Å². The molecule has 1 rings (SSSR count). The number of nitrogens with zero attached hydrogens (tertiary/aromatic N) is 2. The Morgan fingerprint density at radius 1 is 1.64 bits per heavy atom. The first-order chi connectivity index (χ1) is 5.24. The summed E-state index contributed by atoms with van der Waals surface area (Å²) in [7, 11) is 0. The average Bonchev–Trinajstić information content (AvgIpc) is 2.05. The van der Waals surface area contributed by atoms with Gasteiger partial charge in [-0.05, 0) is 6.07 Å². The highest BCUT2D eigenvalue weighted by molar-refractivity contribution is 5.85. The summed E-state index contributed by atoms with van der Waals surface area (Å²) in [6.07, 6.45) is 1.19. The molecule has 3 N–H and O–H groups in total. The average molecular weight is 153 g/mol. The maximum atomic E-state index is 10.3. The van der Waals surface area contributed by atoms with Gasteiger partial charge in [0, 0.05) is 6.54 Å². The normalized spacial score (nSPS) is 9.55. The SMILES string of the molecule is NCc1cc(C(=O)O)ncn1. The fourth-order valence-corrected chi connectivity index (χ4v) is 0.626. The second kappa shape index (κ2) is 3.07. The minimum atomic E-state index is -1.07. The van der Waals surface area contributed by atoms with E-state index in [0.29, 0.717) is 5.69 Å². The van der Waals surface area contributed by atoms with E-state index in [9.17, 15) is 4.79 Å². The third-order valence-electron chi connectivity index (χ3n) is 1.15. The van der Waals surface area contributed by atoms with Crippen molar-refractivity contribution in [2.45, 2.75) is 6.54 Å². The Morgan fingerprint density at radius 3 is 2.91 bits per heavy atom. The summed E-state index contributed by atoms with van der Waals surface area (Å²) >= 11 is 0. The van der Waals surface area contributed by atoms with E-state index < -0.39 is 5.97 Å². The zero-order valence-corrected chi connectivity index (χ0v) is 5.69. The number of carbonyl (C=O) groups is 1. The van der Waals surface area contributed by atoms with Crippen LogP contribution in [0, 0.1) is 0 Å². The van der Waals surface area contributed by atoms with Crippen LogP contribution in [-0.4, -0.2) is 21.0 Å². The van der Waals surface area contributed by atoms with Gasteiger partial charge in [0.25, 0.3) is 0 Å². The van der Waals surface area contributed by atoms with Gasteiger partial charge in [0.05, 0.1) is 5.69 Å². The highest BCUT2D eigenvalue weighted by Gasteiger charge is 2.03. The predicted molar refractivity (Wildman–Crippen MR) is 36.9 cm³/mol. The number of hydrogen-bond acceptors (Lipinski definition) is 4. The maximum Gasteiger partial charge on any atom is 0.354 e. The number of carboxylic acids is 1. The van der Waals surface area contributed by atoms with Crippen molar-refractivity contribution in [1.82, 2.24) is 9.97 Å². The molecule has 0 spiro atoms. The minimum Gasteiger partial charge on any atom is -0.477 e. The molecular formula is C6H7N3O2. The molecule has 0 bridgehead atoms. The van der Waals surface area contributed by atoms with Crippen molar-refractivity contribution in [1.29, 1.82) is 0 Å². The van der Waals surface area contributed by atoms with Crippen molar-refractivity contribution in [3.63, 3.8) is 0 Å². The molecule has 0 aliphatic rings. The van der Waals surface area contributed by atoms with Crippen LogP contribution in [0.2, 0.25) is 0 Å². The molecule has 0 aromatic carbocycles. The minimum absolute atomic E-state index is 0.0274. The standard InChI is InChI=1S/C6H7N3O2/c7-2-4-1-5(6(10)11)9-3-8-4/h1,3H,2,7H2,(H,10,11). The molecule has 0 saturated heterocycles. The molecule has 5 nitrogen and oxygen atoms in total. The van der Waals surface area contributed by atoms with E-state index in [2.05, 4.69) is 9.97 Å². The monoisotopic (exact) mass is 153 g/mol. The molecule has 0 unspecified atom stereocenters. The van der Waals surface area contributed by atoms with E-state index in [1.165, 1.54) is 12.4 Å². The Labute approximate surface area is 62.9 Å². The van der Waals surface area contributed by atoms with E-state index in [4.69, 9.17) is 10.8 Å². The highest BCUT2D eigenvalue weighted by Crippen LogP contribution is 1.96. The summed E-state index contributed by atoms with van der Waals surface area (Å²) in [4.78, 5) is 17.6. The van der Waals surface area contributed by atoms with Crippen LogP contribution in [0.25, 0.3) is 0 Å². The molecule has 1 aromatic rings. The summed E-state index contributed by atoms with van der Waals surface area (Å²) in [5, 5.41) is 8.47. The highest BCUT2D eigenvalue weighted by atomic mass is 16.4. The predicted octanol–water partition coefficient (Wildman–Crippen LogP) is -0.367. The number of nitrogens with two attached hydrogens (primary N) is 1. The molecule has 5 heteroatoms. The number of aromatic nitrogens is 2. The van der Waals surface area contributed by atoms with Crippen molar-refractivity contribution < 1.29 is 9.90 Å². The lowest BCUT2D eigenvalue weighted by Gasteiger charge is -1.95. The quantitative estimate of drug-likeness (QED) is 0.605. The lowest BCUT2D eigenvalue weighted by atomic mass is 10.3. The van der Waals surface area contributed by atoms with Gasteiger partial charge in [-0.2, -0.15) is 0 Å². The fourth-order valence-electron chi connectivity index (χ4n) is 0.626. The maximum absolute atomic E-state index is 10.3. The zero-order chi connectivity index (χ0) is 8.27. The van der Waals surface area contributed by atoms with Crippen LogP contribution in [0.4, 0.5) is 0 Å². The van der Waals surface area contributed by atoms with Crippen LogP contribution in [0.15, 0.2) is 12.4 Å². The van der Waals surface area contributed by atoms with Crippen LogP contribution >= 0.6 is 0 Å². The number of rotatable bonds is 2. The largest absolute Gasteiger partial charge is 0.477 e. The molecule has 0 amide bonds.